The SMILES string of the molecule is O=C(CNc1ccc(I)cc1)N/N=C\c1ccc(OCc2ccccc2Cl)cc1. The number of hydrazone groups is 1. The van der Waals surface area contributed by atoms with E-state index in [9.17, 15) is 4.79 Å². The lowest BCUT2D eigenvalue weighted by molar-refractivity contribution is -0.119. The molecule has 29 heavy (non-hydrogen) atoms. The first-order valence-electron chi connectivity index (χ1n) is 8.88. The maximum atomic E-state index is 11.9. The Hall–Kier alpha value is -2.58. The topological polar surface area (TPSA) is 62.7 Å². The van der Waals surface area contributed by atoms with E-state index in [1.54, 1.807) is 6.21 Å². The normalized spacial score (nSPS) is 10.7. The molecule has 0 aliphatic heterocycles. The van der Waals surface area contributed by atoms with Gasteiger partial charge in [0.05, 0.1) is 12.8 Å². The summed E-state index contributed by atoms with van der Waals surface area (Å²) in [5, 5.41) is 7.71. The Bertz CT molecular complexity index is 976. The molecular formula is C22H19ClIN3O2. The molecule has 1 amide bonds. The zero-order chi connectivity index (χ0) is 20.5. The summed E-state index contributed by atoms with van der Waals surface area (Å²) in [7, 11) is 0. The molecule has 2 N–H and O–H groups in total. The van der Waals surface area contributed by atoms with Crippen LogP contribution in [0, 0.1) is 3.57 Å². The minimum absolute atomic E-state index is 0.146. The molecule has 0 aliphatic carbocycles. The lowest BCUT2D eigenvalue weighted by Gasteiger charge is -2.08. The average Bonchev–Trinajstić information content (AvgIpc) is 2.74. The second-order valence-electron chi connectivity index (χ2n) is 6.10. The van der Waals surface area contributed by atoms with Crippen molar-refractivity contribution in [3.8, 4) is 5.75 Å². The summed E-state index contributed by atoms with van der Waals surface area (Å²) in [6.07, 6.45) is 1.58. The molecule has 148 valence electrons. The monoisotopic (exact) mass is 519 g/mol. The summed E-state index contributed by atoms with van der Waals surface area (Å²) in [4.78, 5) is 11.9. The molecule has 5 nitrogen and oxygen atoms in total. The highest BCUT2D eigenvalue weighted by Crippen LogP contribution is 2.18. The molecule has 3 aromatic rings. The zero-order valence-electron chi connectivity index (χ0n) is 15.4. The van der Waals surface area contributed by atoms with Crippen molar-refractivity contribution in [1.29, 1.82) is 0 Å². The molecule has 0 saturated heterocycles. The lowest BCUT2D eigenvalue weighted by Crippen LogP contribution is -2.25. The predicted molar refractivity (Wildman–Crippen MR) is 126 cm³/mol. The second-order valence-corrected chi connectivity index (χ2v) is 7.76. The van der Waals surface area contributed by atoms with Crippen LogP contribution in [-0.4, -0.2) is 18.7 Å². The number of anilines is 1. The number of nitrogens with one attached hydrogen (secondary N) is 2. The number of carbonyl (C=O) groups excluding carboxylic acids is 1. The number of amides is 1. The Kier molecular flexibility index (Phi) is 7.89. The van der Waals surface area contributed by atoms with Crippen LogP contribution in [0.5, 0.6) is 5.75 Å². The number of ether oxygens (including phenoxy) is 1. The highest BCUT2D eigenvalue weighted by Gasteiger charge is 2.01. The summed E-state index contributed by atoms with van der Waals surface area (Å²) in [6, 6.07) is 22.8. The number of hydrogen-bond donors (Lipinski definition) is 2. The molecule has 0 saturated carbocycles. The van der Waals surface area contributed by atoms with Gasteiger partial charge in [-0.15, -0.1) is 0 Å². The summed E-state index contributed by atoms with van der Waals surface area (Å²) in [5.41, 5.74) is 5.17. The van der Waals surface area contributed by atoms with E-state index in [0.29, 0.717) is 11.6 Å². The van der Waals surface area contributed by atoms with E-state index < -0.39 is 0 Å². The molecule has 0 aromatic heterocycles. The van der Waals surface area contributed by atoms with Crippen LogP contribution in [0.3, 0.4) is 0 Å². The number of nitrogens with zero attached hydrogens (tertiary/aromatic N) is 1. The molecule has 0 heterocycles. The third kappa shape index (κ3) is 7.07. The quantitative estimate of drug-likeness (QED) is 0.248. The first-order chi connectivity index (χ1) is 14.1. The van der Waals surface area contributed by atoms with Gasteiger partial charge in [-0.2, -0.15) is 5.10 Å². The van der Waals surface area contributed by atoms with Gasteiger partial charge in [-0.05, 0) is 82.8 Å². The van der Waals surface area contributed by atoms with Gasteiger partial charge >= 0.3 is 0 Å². The molecule has 7 heteroatoms. The summed E-state index contributed by atoms with van der Waals surface area (Å²) < 4.78 is 6.89. The first kappa shape index (κ1) is 21.1. The third-order valence-electron chi connectivity index (χ3n) is 3.93. The Morgan fingerprint density at radius 1 is 1.03 bits per heavy atom. The van der Waals surface area contributed by atoms with Crippen LogP contribution in [0.4, 0.5) is 5.69 Å². The van der Waals surface area contributed by atoms with Gasteiger partial charge in [-0.25, -0.2) is 5.43 Å². The van der Waals surface area contributed by atoms with Gasteiger partial charge < -0.3 is 10.1 Å². The lowest BCUT2D eigenvalue weighted by atomic mass is 10.2. The number of benzene rings is 3. The Morgan fingerprint density at radius 3 is 2.48 bits per heavy atom. The van der Waals surface area contributed by atoms with E-state index in [0.717, 1.165) is 26.1 Å². The van der Waals surface area contributed by atoms with Crippen LogP contribution < -0.4 is 15.5 Å². The second kappa shape index (κ2) is 10.8. The van der Waals surface area contributed by atoms with E-state index >= 15 is 0 Å². The third-order valence-corrected chi connectivity index (χ3v) is 5.02. The molecule has 0 fully saturated rings. The molecule has 3 rings (SSSR count). The van der Waals surface area contributed by atoms with Gasteiger partial charge in [0, 0.05) is 19.8 Å². The fraction of sp³-hybridized carbons (Fsp3) is 0.0909. The van der Waals surface area contributed by atoms with E-state index in [-0.39, 0.29) is 12.5 Å². The number of hydrogen-bond acceptors (Lipinski definition) is 4. The molecule has 0 spiro atoms. The van der Waals surface area contributed by atoms with Gasteiger partial charge in [0.25, 0.3) is 5.91 Å². The molecule has 0 bridgehead atoms. The first-order valence-corrected chi connectivity index (χ1v) is 10.3. The fourth-order valence-electron chi connectivity index (χ4n) is 2.40. The van der Waals surface area contributed by atoms with E-state index in [4.69, 9.17) is 16.3 Å². The minimum Gasteiger partial charge on any atom is -0.489 e. The fourth-order valence-corrected chi connectivity index (χ4v) is 2.94. The van der Waals surface area contributed by atoms with Crippen molar-refractivity contribution in [2.24, 2.45) is 5.10 Å². The van der Waals surface area contributed by atoms with Crippen LogP contribution in [0.25, 0.3) is 0 Å². The van der Waals surface area contributed by atoms with Gasteiger partial charge in [-0.3, -0.25) is 4.79 Å². The predicted octanol–water partition coefficient (Wildman–Crippen LogP) is 5.09. The number of rotatable bonds is 8. The van der Waals surface area contributed by atoms with Crippen molar-refractivity contribution in [3.05, 3.63) is 92.5 Å². The van der Waals surface area contributed by atoms with Gasteiger partial charge in [0.15, 0.2) is 0 Å². The van der Waals surface area contributed by atoms with Crippen LogP contribution in [0.2, 0.25) is 5.02 Å². The van der Waals surface area contributed by atoms with Crippen LogP contribution in [-0.2, 0) is 11.4 Å². The van der Waals surface area contributed by atoms with E-state index in [1.165, 1.54) is 0 Å². The minimum atomic E-state index is -0.223. The summed E-state index contributed by atoms with van der Waals surface area (Å²) in [5.74, 6) is 0.507. The molecule has 0 atom stereocenters. The molecular weight excluding hydrogens is 501 g/mol. The maximum absolute atomic E-state index is 11.9. The Balaban J connectivity index is 1.42. The zero-order valence-corrected chi connectivity index (χ0v) is 18.4. The van der Waals surface area contributed by atoms with Crippen molar-refractivity contribution in [2.45, 2.75) is 6.61 Å². The van der Waals surface area contributed by atoms with Crippen LogP contribution >= 0.6 is 34.2 Å². The van der Waals surface area contributed by atoms with Gasteiger partial charge in [-0.1, -0.05) is 29.8 Å². The standard InChI is InChI=1S/C22H19ClIN3O2/c23-21-4-2-1-3-17(21)15-29-20-11-5-16(6-12-20)13-26-27-22(28)14-25-19-9-7-18(24)8-10-19/h1-13,25H,14-15H2,(H,27,28)/b26-13-. The Morgan fingerprint density at radius 2 is 1.76 bits per heavy atom. The van der Waals surface area contributed by atoms with Crippen molar-refractivity contribution in [2.75, 3.05) is 11.9 Å². The largest absolute Gasteiger partial charge is 0.489 e. The van der Waals surface area contributed by atoms with Crippen molar-refractivity contribution >= 4 is 52.0 Å². The molecule has 3 aromatic carbocycles. The van der Waals surface area contributed by atoms with Gasteiger partial charge in [0.1, 0.15) is 12.4 Å². The van der Waals surface area contributed by atoms with Crippen LogP contribution in [0.1, 0.15) is 11.1 Å². The average molecular weight is 520 g/mol. The van der Waals surface area contributed by atoms with Gasteiger partial charge in [0.2, 0.25) is 0 Å². The highest BCUT2D eigenvalue weighted by molar-refractivity contribution is 14.1. The van der Waals surface area contributed by atoms with Crippen molar-refractivity contribution in [1.82, 2.24) is 5.43 Å². The van der Waals surface area contributed by atoms with Crippen molar-refractivity contribution < 1.29 is 9.53 Å². The number of halogens is 2. The highest BCUT2D eigenvalue weighted by atomic mass is 127. The Labute approximate surface area is 188 Å². The molecule has 0 aliphatic rings. The summed E-state index contributed by atoms with van der Waals surface area (Å²) in [6.45, 7) is 0.545. The number of carbonyl (C=O) groups is 1. The molecule has 0 unspecified atom stereocenters. The summed E-state index contributed by atoms with van der Waals surface area (Å²) >= 11 is 8.36. The van der Waals surface area contributed by atoms with E-state index in [2.05, 4.69) is 38.4 Å². The van der Waals surface area contributed by atoms with Crippen LogP contribution in [0.15, 0.2) is 77.9 Å². The van der Waals surface area contributed by atoms with E-state index in [1.807, 2.05) is 72.8 Å². The molecule has 0 radical (unpaired) electrons. The maximum Gasteiger partial charge on any atom is 0.259 e. The smallest absolute Gasteiger partial charge is 0.259 e. The van der Waals surface area contributed by atoms with Crippen molar-refractivity contribution in [3.63, 3.8) is 0 Å².